The summed E-state index contributed by atoms with van der Waals surface area (Å²) in [5, 5.41) is 6.15. The number of carbonyl (C=O) groups is 2. The maximum atomic E-state index is 11.9. The molecule has 0 spiro atoms. The van der Waals surface area contributed by atoms with Crippen molar-refractivity contribution < 1.29 is 9.59 Å². The third-order valence-electron chi connectivity index (χ3n) is 3.31. The summed E-state index contributed by atoms with van der Waals surface area (Å²) in [6, 6.07) is 0. The van der Waals surface area contributed by atoms with E-state index in [4.69, 9.17) is 0 Å². The molecule has 0 saturated carbocycles. The third kappa shape index (κ3) is 6.46. The van der Waals surface area contributed by atoms with Crippen LogP contribution in [0, 0.1) is 0 Å². The van der Waals surface area contributed by atoms with Crippen LogP contribution in [0.25, 0.3) is 0 Å². The van der Waals surface area contributed by atoms with Crippen molar-refractivity contribution >= 4 is 17.8 Å². The number of carbonyl (C=O) groups excluding carboxylic acids is 2. The lowest BCUT2D eigenvalue weighted by Crippen LogP contribution is -2.40. The SMILES string of the molecule is CCNC(=NCC(=O)N1CCCC1)NCCC(=O)N(C)C. The van der Waals surface area contributed by atoms with Gasteiger partial charge in [0.1, 0.15) is 6.54 Å². The quantitative estimate of drug-likeness (QED) is 0.519. The molecule has 2 amide bonds. The fraction of sp³-hybridized carbons (Fsp3) is 0.786. The lowest BCUT2D eigenvalue weighted by molar-refractivity contribution is -0.129. The van der Waals surface area contributed by atoms with Gasteiger partial charge in [-0.3, -0.25) is 9.59 Å². The van der Waals surface area contributed by atoms with Gasteiger partial charge in [-0.15, -0.1) is 0 Å². The van der Waals surface area contributed by atoms with Crippen LogP contribution in [0.3, 0.4) is 0 Å². The molecule has 0 atom stereocenters. The van der Waals surface area contributed by atoms with E-state index < -0.39 is 0 Å². The van der Waals surface area contributed by atoms with E-state index in [9.17, 15) is 9.59 Å². The van der Waals surface area contributed by atoms with Crippen LogP contribution in [-0.2, 0) is 9.59 Å². The molecule has 0 aromatic carbocycles. The van der Waals surface area contributed by atoms with Gasteiger partial charge in [0.2, 0.25) is 11.8 Å². The Labute approximate surface area is 126 Å². The summed E-state index contributed by atoms with van der Waals surface area (Å²) in [4.78, 5) is 31.1. The van der Waals surface area contributed by atoms with Gasteiger partial charge in [0.15, 0.2) is 5.96 Å². The van der Waals surface area contributed by atoms with Crippen LogP contribution in [0.5, 0.6) is 0 Å². The molecule has 1 rings (SSSR count). The molecule has 7 nitrogen and oxygen atoms in total. The Balaban J connectivity index is 2.38. The van der Waals surface area contributed by atoms with Gasteiger partial charge in [0.05, 0.1) is 0 Å². The van der Waals surface area contributed by atoms with Crippen molar-refractivity contribution in [3.05, 3.63) is 0 Å². The minimum absolute atomic E-state index is 0.0616. The molecule has 0 bridgehead atoms. The summed E-state index contributed by atoms with van der Waals surface area (Å²) in [5.74, 6) is 0.706. The zero-order chi connectivity index (χ0) is 15.7. The average Bonchev–Trinajstić information content (AvgIpc) is 2.98. The second kappa shape index (κ2) is 9.20. The Morgan fingerprint density at radius 2 is 1.86 bits per heavy atom. The fourth-order valence-corrected chi connectivity index (χ4v) is 2.07. The number of nitrogens with zero attached hydrogens (tertiary/aromatic N) is 3. The lowest BCUT2D eigenvalue weighted by atomic mass is 10.4. The highest BCUT2D eigenvalue weighted by Crippen LogP contribution is 2.07. The van der Waals surface area contributed by atoms with Gasteiger partial charge in [-0.1, -0.05) is 0 Å². The number of rotatable bonds is 6. The normalized spacial score (nSPS) is 15.0. The van der Waals surface area contributed by atoms with Gasteiger partial charge >= 0.3 is 0 Å². The van der Waals surface area contributed by atoms with E-state index >= 15 is 0 Å². The molecule has 0 aliphatic carbocycles. The Bertz CT molecular complexity index is 376. The van der Waals surface area contributed by atoms with Crippen molar-refractivity contribution in [1.82, 2.24) is 20.4 Å². The number of nitrogens with one attached hydrogen (secondary N) is 2. The third-order valence-corrected chi connectivity index (χ3v) is 3.31. The molecule has 0 aromatic rings. The standard InChI is InChI=1S/C14H27N5O2/c1-4-15-14(16-8-7-12(20)18(2)3)17-11-13(21)19-9-5-6-10-19/h4-11H2,1-3H3,(H2,15,16,17). The maximum Gasteiger partial charge on any atom is 0.244 e. The van der Waals surface area contributed by atoms with Gasteiger partial charge in [0.25, 0.3) is 0 Å². The van der Waals surface area contributed by atoms with E-state index in [-0.39, 0.29) is 18.4 Å². The van der Waals surface area contributed by atoms with Gasteiger partial charge in [-0.05, 0) is 19.8 Å². The molecule has 7 heteroatoms. The van der Waals surface area contributed by atoms with Crippen molar-refractivity contribution in [2.45, 2.75) is 26.2 Å². The second-order valence-electron chi connectivity index (χ2n) is 5.25. The van der Waals surface area contributed by atoms with E-state index in [0.717, 1.165) is 25.9 Å². The van der Waals surface area contributed by atoms with E-state index in [2.05, 4.69) is 15.6 Å². The first kappa shape index (κ1) is 17.3. The predicted octanol–water partition coefficient (Wildman–Crippen LogP) is -0.358. The first-order valence-electron chi connectivity index (χ1n) is 7.54. The topological polar surface area (TPSA) is 77.0 Å². The molecule has 1 fully saturated rings. The minimum atomic E-state index is 0.0616. The van der Waals surface area contributed by atoms with Crippen LogP contribution in [0.4, 0.5) is 0 Å². The Hall–Kier alpha value is -1.79. The van der Waals surface area contributed by atoms with Crippen LogP contribution >= 0.6 is 0 Å². The van der Waals surface area contributed by atoms with Crippen LogP contribution in [-0.4, -0.2) is 74.4 Å². The first-order chi connectivity index (χ1) is 10.0. The Morgan fingerprint density at radius 1 is 1.19 bits per heavy atom. The second-order valence-corrected chi connectivity index (χ2v) is 5.25. The van der Waals surface area contributed by atoms with Gasteiger partial charge < -0.3 is 20.4 Å². The number of hydrogen-bond donors (Lipinski definition) is 2. The number of guanidine groups is 1. The number of amides is 2. The zero-order valence-corrected chi connectivity index (χ0v) is 13.3. The summed E-state index contributed by atoms with van der Waals surface area (Å²) in [5.41, 5.74) is 0. The number of hydrogen-bond acceptors (Lipinski definition) is 3. The van der Waals surface area contributed by atoms with Crippen molar-refractivity contribution in [3.8, 4) is 0 Å². The molecule has 21 heavy (non-hydrogen) atoms. The minimum Gasteiger partial charge on any atom is -0.357 e. The average molecular weight is 297 g/mol. The highest BCUT2D eigenvalue weighted by Gasteiger charge is 2.17. The Morgan fingerprint density at radius 3 is 2.43 bits per heavy atom. The highest BCUT2D eigenvalue weighted by atomic mass is 16.2. The fourth-order valence-electron chi connectivity index (χ4n) is 2.07. The van der Waals surface area contributed by atoms with Gasteiger partial charge in [0, 0.05) is 46.7 Å². The van der Waals surface area contributed by atoms with E-state index in [1.807, 2.05) is 11.8 Å². The molecule has 2 N–H and O–H groups in total. The summed E-state index contributed by atoms with van der Waals surface area (Å²) < 4.78 is 0. The van der Waals surface area contributed by atoms with E-state index in [1.54, 1.807) is 19.0 Å². The zero-order valence-electron chi connectivity index (χ0n) is 13.3. The molecule has 0 aromatic heterocycles. The van der Waals surface area contributed by atoms with Crippen LogP contribution < -0.4 is 10.6 Å². The predicted molar refractivity (Wildman–Crippen MR) is 83.1 cm³/mol. The molecule has 1 aliphatic rings. The molecule has 120 valence electrons. The summed E-state index contributed by atoms with van der Waals surface area (Å²) in [6.07, 6.45) is 2.57. The monoisotopic (exact) mass is 297 g/mol. The lowest BCUT2D eigenvalue weighted by Gasteiger charge is -2.15. The van der Waals surface area contributed by atoms with Gasteiger partial charge in [-0.2, -0.15) is 0 Å². The maximum absolute atomic E-state index is 11.9. The largest absolute Gasteiger partial charge is 0.357 e. The molecular formula is C14H27N5O2. The van der Waals surface area contributed by atoms with Crippen molar-refractivity contribution in [3.63, 3.8) is 0 Å². The van der Waals surface area contributed by atoms with E-state index in [1.165, 1.54) is 0 Å². The van der Waals surface area contributed by atoms with Crippen molar-refractivity contribution in [2.75, 3.05) is 46.8 Å². The van der Waals surface area contributed by atoms with Crippen LogP contribution in [0.1, 0.15) is 26.2 Å². The molecule has 0 unspecified atom stereocenters. The van der Waals surface area contributed by atoms with Gasteiger partial charge in [-0.25, -0.2) is 4.99 Å². The van der Waals surface area contributed by atoms with E-state index in [0.29, 0.717) is 25.5 Å². The molecular weight excluding hydrogens is 270 g/mol. The number of likely N-dealkylation sites (tertiary alicyclic amines) is 1. The molecule has 1 heterocycles. The smallest absolute Gasteiger partial charge is 0.244 e. The Kier molecular flexibility index (Phi) is 7.56. The van der Waals surface area contributed by atoms with Crippen LogP contribution in [0.15, 0.2) is 4.99 Å². The molecule has 1 saturated heterocycles. The summed E-state index contributed by atoms with van der Waals surface area (Å²) >= 11 is 0. The number of aliphatic imine (C=N–C) groups is 1. The van der Waals surface area contributed by atoms with Crippen molar-refractivity contribution in [2.24, 2.45) is 4.99 Å². The molecule has 1 aliphatic heterocycles. The summed E-state index contributed by atoms with van der Waals surface area (Å²) in [7, 11) is 3.46. The van der Waals surface area contributed by atoms with Crippen molar-refractivity contribution in [1.29, 1.82) is 0 Å². The van der Waals surface area contributed by atoms with Crippen LogP contribution in [0.2, 0.25) is 0 Å². The highest BCUT2D eigenvalue weighted by molar-refractivity contribution is 5.85. The molecule has 0 radical (unpaired) electrons. The summed E-state index contributed by atoms with van der Waals surface area (Å²) in [6.45, 7) is 5.01. The first-order valence-corrected chi connectivity index (χ1v) is 7.54.